The molecule has 0 aromatic carbocycles. The van der Waals surface area contributed by atoms with E-state index in [0.717, 1.165) is 6.07 Å². The number of rotatable bonds is 1. The number of hydrogen-bond donors (Lipinski definition) is 1. The fraction of sp³-hybridized carbons (Fsp3) is 0. The standard InChI is InChI=1S/C6H4BrFN2O2/c7-5-4(8)1-3(2-10-5)12-6(9)11/h1-2H,(H2,9,11). The van der Waals surface area contributed by atoms with E-state index in [1.54, 1.807) is 0 Å². The Labute approximate surface area is 75.7 Å². The van der Waals surface area contributed by atoms with Crippen molar-refractivity contribution in [1.82, 2.24) is 4.98 Å². The van der Waals surface area contributed by atoms with Crippen LogP contribution in [0.3, 0.4) is 0 Å². The Morgan fingerprint density at radius 3 is 2.92 bits per heavy atom. The normalized spacial score (nSPS) is 9.50. The summed E-state index contributed by atoms with van der Waals surface area (Å²) in [6.07, 6.45) is 0.177. The number of ether oxygens (including phenoxy) is 1. The minimum Gasteiger partial charge on any atom is -0.409 e. The van der Waals surface area contributed by atoms with Crippen LogP contribution in [-0.4, -0.2) is 11.1 Å². The summed E-state index contributed by atoms with van der Waals surface area (Å²) in [5.41, 5.74) is 4.69. The van der Waals surface area contributed by atoms with Crippen LogP contribution >= 0.6 is 15.9 Å². The van der Waals surface area contributed by atoms with E-state index in [1.165, 1.54) is 6.20 Å². The van der Waals surface area contributed by atoms with Crippen molar-refractivity contribution in [2.75, 3.05) is 0 Å². The molecule has 0 atom stereocenters. The smallest absolute Gasteiger partial charge is 0.409 e. The van der Waals surface area contributed by atoms with Gasteiger partial charge in [0.15, 0.2) is 11.6 Å². The number of amides is 1. The van der Waals surface area contributed by atoms with Gasteiger partial charge in [-0.25, -0.2) is 14.2 Å². The average Bonchev–Trinajstić information content (AvgIpc) is 1.96. The second-order valence-corrected chi connectivity index (χ2v) is 2.62. The van der Waals surface area contributed by atoms with E-state index in [2.05, 4.69) is 31.4 Å². The van der Waals surface area contributed by atoms with Gasteiger partial charge in [-0.05, 0) is 15.9 Å². The number of carbonyl (C=O) groups excluding carboxylic acids is 1. The molecule has 1 aromatic heterocycles. The van der Waals surface area contributed by atoms with E-state index in [4.69, 9.17) is 0 Å². The summed E-state index contributed by atoms with van der Waals surface area (Å²) in [7, 11) is 0. The number of aromatic nitrogens is 1. The number of pyridine rings is 1. The third-order valence-corrected chi connectivity index (χ3v) is 1.57. The highest BCUT2D eigenvalue weighted by Crippen LogP contribution is 2.17. The van der Waals surface area contributed by atoms with Gasteiger partial charge < -0.3 is 10.5 Å². The molecule has 1 rings (SSSR count). The molecule has 0 spiro atoms. The Morgan fingerprint density at radius 2 is 2.42 bits per heavy atom. The summed E-state index contributed by atoms with van der Waals surface area (Å²) in [6, 6.07) is 1.00. The fourth-order valence-electron chi connectivity index (χ4n) is 0.576. The number of halogens is 2. The Kier molecular flexibility index (Phi) is 2.59. The monoisotopic (exact) mass is 234 g/mol. The second kappa shape index (κ2) is 3.48. The van der Waals surface area contributed by atoms with Crippen molar-refractivity contribution in [3.8, 4) is 5.75 Å². The van der Waals surface area contributed by atoms with Crippen molar-refractivity contribution in [3.05, 3.63) is 22.7 Å². The molecule has 0 aliphatic heterocycles. The minimum atomic E-state index is -1.00. The molecule has 1 amide bonds. The molecular weight excluding hydrogens is 231 g/mol. The van der Waals surface area contributed by atoms with Crippen LogP contribution in [0.15, 0.2) is 16.9 Å². The highest BCUT2D eigenvalue weighted by atomic mass is 79.9. The number of nitrogens with zero attached hydrogens (tertiary/aromatic N) is 1. The lowest BCUT2D eigenvalue weighted by Crippen LogP contribution is -2.16. The molecule has 64 valence electrons. The first kappa shape index (κ1) is 8.92. The van der Waals surface area contributed by atoms with Gasteiger partial charge in [0, 0.05) is 6.07 Å². The molecule has 0 bridgehead atoms. The molecule has 0 saturated carbocycles. The van der Waals surface area contributed by atoms with Crippen molar-refractivity contribution in [3.63, 3.8) is 0 Å². The Hall–Kier alpha value is -1.17. The highest BCUT2D eigenvalue weighted by Gasteiger charge is 2.04. The molecule has 2 N–H and O–H groups in total. The summed E-state index contributed by atoms with van der Waals surface area (Å²) >= 11 is 2.84. The average molecular weight is 235 g/mol. The van der Waals surface area contributed by atoms with Crippen molar-refractivity contribution in [1.29, 1.82) is 0 Å². The van der Waals surface area contributed by atoms with Crippen molar-refractivity contribution < 1.29 is 13.9 Å². The zero-order valence-corrected chi connectivity index (χ0v) is 7.34. The Balaban J connectivity index is 2.89. The molecule has 0 aliphatic carbocycles. The maximum absolute atomic E-state index is 12.7. The van der Waals surface area contributed by atoms with Crippen molar-refractivity contribution in [2.45, 2.75) is 0 Å². The first-order valence-electron chi connectivity index (χ1n) is 2.88. The van der Waals surface area contributed by atoms with E-state index in [-0.39, 0.29) is 10.4 Å². The number of carbonyl (C=O) groups is 1. The summed E-state index contributed by atoms with van der Waals surface area (Å²) in [5, 5.41) is 0. The summed E-state index contributed by atoms with van der Waals surface area (Å²) < 4.78 is 17.1. The molecule has 1 heterocycles. The molecule has 0 aliphatic rings. The van der Waals surface area contributed by atoms with Gasteiger partial charge in [-0.2, -0.15) is 0 Å². The quantitative estimate of drug-likeness (QED) is 0.749. The van der Waals surface area contributed by atoms with Crippen LogP contribution in [0.4, 0.5) is 9.18 Å². The third kappa shape index (κ3) is 2.16. The van der Waals surface area contributed by atoms with Gasteiger partial charge in [-0.1, -0.05) is 0 Å². The van der Waals surface area contributed by atoms with E-state index in [1.807, 2.05) is 0 Å². The predicted octanol–water partition coefficient (Wildman–Crippen LogP) is 1.44. The number of primary amides is 1. The van der Waals surface area contributed by atoms with Gasteiger partial charge >= 0.3 is 6.09 Å². The van der Waals surface area contributed by atoms with Crippen LogP contribution in [0.2, 0.25) is 0 Å². The fourth-order valence-corrected chi connectivity index (χ4v) is 0.792. The van der Waals surface area contributed by atoms with Gasteiger partial charge in [-0.15, -0.1) is 0 Å². The van der Waals surface area contributed by atoms with Gasteiger partial charge in [0.25, 0.3) is 0 Å². The Morgan fingerprint density at radius 1 is 1.75 bits per heavy atom. The molecule has 1 aromatic rings. The lowest BCUT2D eigenvalue weighted by Gasteiger charge is -1.99. The summed E-state index contributed by atoms with van der Waals surface area (Å²) in [6.45, 7) is 0. The first-order chi connectivity index (χ1) is 5.59. The van der Waals surface area contributed by atoms with Gasteiger partial charge in [0.05, 0.1) is 6.20 Å². The zero-order chi connectivity index (χ0) is 9.14. The summed E-state index contributed by atoms with van der Waals surface area (Å²) in [5.74, 6) is -0.642. The van der Waals surface area contributed by atoms with Crippen LogP contribution in [-0.2, 0) is 0 Å². The molecule has 12 heavy (non-hydrogen) atoms. The molecule has 0 radical (unpaired) electrons. The topological polar surface area (TPSA) is 65.2 Å². The predicted molar refractivity (Wildman–Crippen MR) is 42.1 cm³/mol. The van der Waals surface area contributed by atoms with Gasteiger partial charge in [0.1, 0.15) is 4.60 Å². The maximum Gasteiger partial charge on any atom is 0.410 e. The van der Waals surface area contributed by atoms with E-state index < -0.39 is 11.9 Å². The summed E-state index contributed by atoms with van der Waals surface area (Å²) in [4.78, 5) is 13.7. The van der Waals surface area contributed by atoms with Crippen LogP contribution in [0.5, 0.6) is 5.75 Å². The van der Waals surface area contributed by atoms with Crippen LogP contribution in [0.1, 0.15) is 0 Å². The van der Waals surface area contributed by atoms with Crippen LogP contribution < -0.4 is 10.5 Å². The van der Waals surface area contributed by atoms with Gasteiger partial charge in [0.2, 0.25) is 0 Å². The Bertz CT molecular complexity index is 318. The van der Waals surface area contributed by atoms with Crippen LogP contribution in [0.25, 0.3) is 0 Å². The van der Waals surface area contributed by atoms with E-state index >= 15 is 0 Å². The second-order valence-electron chi connectivity index (χ2n) is 1.86. The highest BCUT2D eigenvalue weighted by molar-refractivity contribution is 9.10. The molecular formula is C6H4BrFN2O2. The lowest BCUT2D eigenvalue weighted by atomic mass is 10.4. The number of nitrogens with two attached hydrogens (primary N) is 1. The number of hydrogen-bond acceptors (Lipinski definition) is 3. The molecule has 6 heteroatoms. The minimum absolute atomic E-state index is 0.0248. The first-order valence-corrected chi connectivity index (χ1v) is 3.67. The van der Waals surface area contributed by atoms with Crippen molar-refractivity contribution in [2.24, 2.45) is 5.73 Å². The zero-order valence-electron chi connectivity index (χ0n) is 5.75. The molecule has 0 unspecified atom stereocenters. The SMILES string of the molecule is NC(=O)Oc1cnc(Br)c(F)c1. The van der Waals surface area contributed by atoms with Gasteiger partial charge in [-0.3, -0.25) is 0 Å². The maximum atomic E-state index is 12.7. The molecule has 0 saturated heterocycles. The van der Waals surface area contributed by atoms with Crippen LogP contribution in [0, 0.1) is 5.82 Å². The largest absolute Gasteiger partial charge is 0.410 e. The van der Waals surface area contributed by atoms with Crippen molar-refractivity contribution >= 4 is 22.0 Å². The molecule has 4 nitrogen and oxygen atoms in total. The van der Waals surface area contributed by atoms with E-state index in [9.17, 15) is 9.18 Å². The van der Waals surface area contributed by atoms with E-state index in [0.29, 0.717) is 0 Å². The third-order valence-electron chi connectivity index (χ3n) is 0.990. The molecule has 0 fully saturated rings. The lowest BCUT2D eigenvalue weighted by molar-refractivity contribution is 0.210.